The minimum absolute atomic E-state index is 0.136. The van der Waals surface area contributed by atoms with Gasteiger partial charge in [0.2, 0.25) is 0 Å². The summed E-state index contributed by atoms with van der Waals surface area (Å²) in [5, 5.41) is 25.0. The van der Waals surface area contributed by atoms with Gasteiger partial charge in [0.1, 0.15) is 52.2 Å². The van der Waals surface area contributed by atoms with Crippen LogP contribution in [0.3, 0.4) is 0 Å². The Morgan fingerprint density at radius 2 is 1.30 bits per heavy atom. The number of carbonyl (C=O) groups excluding carboxylic acids is 2. The number of aromatic amines is 1. The lowest BCUT2D eigenvalue weighted by Gasteiger charge is -2.15. The first-order chi connectivity index (χ1) is 33.6. The van der Waals surface area contributed by atoms with Crippen LogP contribution in [0.1, 0.15) is 34.6 Å². The average molecular weight is 967 g/mol. The van der Waals surface area contributed by atoms with Crippen molar-refractivity contribution in [2.24, 2.45) is 14.1 Å². The van der Waals surface area contributed by atoms with Gasteiger partial charge < -0.3 is 24.9 Å². The normalized spacial score (nSPS) is 12.7. The number of amides is 2. The highest BCUT2D eigenvalue weighted by Crippen LogP contribution is 2.30. The van der Waals surface area contributed by atoms with Crippen LogP contribution in [-0.4, -0.2) is 107 Å². The molecule has 2 amide bonds. The van der Waals surface area contributed by atoms with Crippen LogP contribution in [0.2, 0.25) is 25.7 Å². The molecule has 0 saturated carbocycles. The Labute approximate surface area is 400 Å². The monoisotopic (exact) mass is 966 g/mol. The van der Waals surface area contributed by atoms with Crippen LogP contribution < -0.4 is 10.6 Å². The van der Waals surface area contributed by atoms with Crippen molar-refractivity contribution in [1.29, 1.82) is 0 Å². The number of ether oxygens (including phenoxy) is 1. The number of nitrogens with one attached hydrogen (secondary N) is 3. The molecule has 0 bridgehead atoms. The fourth-order valence-electron chi connectivity index (χ4n) is 8.06. The molecule has 0 radical (unpaired) electrons. The van der Waals surface area contributed by atoms with Gasteiger partial charge in [0.05, 0.1) is 47.6 Å². The Morgan fingerprint density at radius 1 is 0.757 bits per heavy atom. The van der Waals surface area contributed by atoms with Crippen LogP contribution >= 0.6 is 0 Å². The predicted molar refractivity (Wildman–Crippen MR) is 263 cm³/mol. The maximum atomic E-state index is 13.9. The molecule has 0 saturated heterocycles. The van der Waals surface area contributed by atoms with E-state index in [-0.39, 0.29) is 42.3 Å². The minimum Gasteiger partial charge on any atom is -0.361 e. The van der Waals surface area contributed by atoms with Gasteiger partial charge in [0.25, 0.3) is 11.8 Å². The highest BCUT2D eigenvalue weighted by molar-refractivity contribution is 6.76. The van der Waals surface area contributed by atoms with E-state index in [0.29, 0.717) is 87.0 Å². The molecule has 10 aromatic rings. The fourth-order valence-corrected chi connectivity index (χ4v) is 8.82. The number of hydrogen-bond acceptors (Lipinski definition) is 11. The van der Waals surface area contributed by atoms with Gasteiger partial charge in [-0.1, -0.05) is 19.6 Å². The number of rotatable bonds is 15. The van der Waals surface area contributed by atoms with Gasteiger partial charge in [0, 0.05) is 88.8 Å². The number of fused-ring (bicyclic) bond motifs is 4. The zero-order chi connectivity index (χ0) is 49.3. The maximum Gasteiger partial charge on any atom is 0.255 e. The van der Waals surface area contributed by atoms with Gasteiger partial charge >= 0.3 is 0 Å². The van der Waals surface area contributed by atoms with Crippen molar-refractivity contribution in [3.8, 4) is 22.8 Å². The standard InChI is InChI=1S/C27H33FN8O2Si.C21H19FN8O/c1-18(15-36-10-6-9-30-36)31-27(37)21-16-35(17-38-11-12-39(3,4)5)26-25(21)32-22(14-29-26)24-20-8-7-19(28)13-23(20)34(2)33-24;1-12(11-30-7-3-6-25-30)26-21(31)15-9-23-20-19(15)27-16(10-24-20)18-14-5-4-13(22)8-17(14)29(2)28-18/h6-10,13-14,16,18H,11-12,15,17H2,1-5H3,(H,31,37);3-10,12H,11H2,1-2H3,(H,23,24)(H,26,31)/t18-;12-/m11/s1. The number of hydrogen-bond donors (Lipinski definition) is 3. The van der Waals surface area contributed by atoms with Gasteiger partial charge in [-0.05, 0) is 68.4 Å². The molecular weight excluding hydrogens is 915 g/mol. The average Bonchev–Trinajstić information content (AvgIpc) is 4.20. The smallest absolute Gasteiger partial charge is 0.255 e. The topological polar surface area (TPSA) is 211 Å². The van der Waals surface area contributed by atoms with Crippen LogP contribution in [-0.2, 0) is 38.7 Å². The van der Waals surface area contributed by atoms with Crippen molar-refractivity contribution < 1.29 is 23.1 Å². The molecule has 2 atom stereocenters. The summed E-state index contributed by atoms with van der Waals surface area (Å²) in [7, 11) is 2.26. The number of H-pyrrole nitrogens is 1. The second kappa shape index (κ2) is 19.6. The zero-order valence-electron chi connectivity index (χ0n) is 39.7. The SMILES string of the molecule is C[C@H](Cn1cccn1)NC(=O)c1c[nH]c2ncc(-c3nn(C)c4cc(F)ccc34)nc12.C[C@H](Cn1cccn1)NC(=O)c1cn(COCC[Si](C)(C)C)c2ncc(-c3nn(C)c4cc(F)ccc34)nc12. The number of nitrogens with zero attached hydrogens (tertiary/aromatic N) is 13. The van der Waals surface area contributed by atoms with E-state index < -0.39 is 8.07 Å². The Hall–Kier alpha value is -7.98. The third-order valence-electron chi connectivity index (χ3n) is 11.6. The third-order valence-corrected chi connectivity index (χ3v) is 13.3. The Balaban J connectivity index is 0.000000178. The summed E-state index contributed by atoms with van der Waals surface area (Å²) in [5.41, 5.74) is 6.16. The lowest BCUT2D eigenvalue weighted by Crippen LogP contribution is -2.35. The summed E-state index contributed by atoms with van der Waals surface area (Å²) in [5.74, 6) is -1.20. The number of aromatic nitrogens is 14. The van der Waals surface area contributed by atoms with E-state index in [1.54, 1.807) is 82.1 Å². The van der Waals surface area contributed by atoms with Gasteiger partial charge in [-0.3, -0.25) is 28.3 Å². The maximum absolute atomic E-state index is 13.9. The van der Waals surface area contributed by atoms with Crippen LogP contribution in [0.25, 0.3) is 66.9 Å². The molecule has 0 aliphatic heterocycles. The van der Waals surface area contributed by atoms with E-state index in [0.717, 1.165) is 16.8 Å². The molecule has 19 nitrogen and oxygen atoms in total. The fraction of sp³-hybridized carbons (Fsp3) is 0.292. The second-order valence-electron chi connectivity index (χ2n) is 18.4. The quantitative estimate of drug-likeness (QED) is 0.0696. The van der Waals surface area contributed by atoms with E-state index in [2.05, 4.69) is 70.6 Å². The van der Waals surface area contributed by atoms with Crippen molar-refractivity contribution in [3.05, 3.63) is 121 Å². The molecule has 22 heteroatoms. The molecule has 0 unspecified atom stereocenters. The Bertz CT molecular complexity index is 3480. The van der Waals surface area contributed by atoms with E-state index in [1.165, 1.54) is 24.3 Å². The molecule has 3 N–H and O–H groups in total. The summed E-state index contributed by atoms with van der Waals surface area (Å²) in [6.07, 6.45) is 13.7. The highest BCUT2D eigenvalue weighted by Gasteiger charge is 2.24. The molecule has 0 aliphatic rings. The molecule has 0 spiro atoms. The zero-order valence-corrected chi connectivity index (χ0v) is 40.7. The highest BCUT2D eigenvalue weighted by atomic mass is 28.3. The molecule has 0 fully saturated rings. The molecule has 360 valence electrons. The molecule has 10 rings (SSSR count). The first kappa shape index (κ1) is 47.1. The van der Waals surface area contributed by atoms with Crippen molar-refractivity contribution in [3.63, 3.8) is 0 Å². The molecule has 8 heterocycles. The summed E-state index contributed by atoms with van der Waals surface area (Å²) >= 11 is 0. The molecule has 8 aromatic heterocycles. The number of aryl methyl sites for hydroxylation is 2. The number of halogens is 2. The summed E-state index contributed by atoms with van der Waals surface area (Å²) in [6, 6.07) is 13.4. The Morgan fingerprint density at radius 3 is 1.84 bits per heavy atom. The Kier molecular flexibility index (Phi) is 13.2. The molecular formula is C48H52F2N16O3Si. The predicted octanol–water partition coefficient (Wildman–Crippen LogP) is 7.12. The largest absolute Gasteiger partial charge is 0.361 e. The lowest BCUT2D eigenvalue weighted by atomic mass is 10.1. The van der Waals surface area contributed by atoms with Crippen molar-refractivity contribution in [2.45, 2.75) is 71.4 Å². The van der Waals surface area contributed by atoms with Crippen molar-refractivity contribution in [2.75, 3.05) is 6.61 Å². The van der Waals surface area contributed by atoms with Crippen LogP contribution in [0.4, 0.5) is 8.78 Å². The molecule has 2 aromatic carbocycles. The summed E-state index contributed by atoms with van der Waals surface area (Å²) in [6.45, 7) is 12.7. The number of benzene rings is 2. The van der Waals surface area contributed by atoms with Crippen molar-refractivity contribution in [1.82, 2.24) is 79.2 Å². The first-order valence-electron chi connectivity index (χ1n) is 22.7. The van der Waals surface area contributed by atoms with Gasteiger partial charge in [-0.15, -0.1) is 0 Å². The minimum atomic E-state index is -1.24. The second-order valence-corrected chi connectivity index (χ2v) is 24.0. The van der Waals surface area contributed by atoms with E-state index in [4.69, 9.17) is 9.72 Å². The van der Waals surface area contributed by atoms with Gasteiger partial charge in [-0.25, -0.2) is 28.7 Å². The first-order valence-corrected chi connectivity index (χ1v) is 26.4. The van der Waals surface area contributed by atoms with Crippen molar-refractivity contribution >= 4 is 64.0 Å². The molecule has 70 heavy (non-hydrogen) atoms. The van der Waals surface area contributed by atoms with Gasteiger partial charge in [0.15, 0.2) is 11.3 Å². The van der Waals surface area contributed by atoms with Crippen LogP contribution in [0.5, 0.6) is 0 Å². The van der Waals surface area contributed by atoms with E-state index in [9.17, 15) is 18.4 Å². The van der Waals surface area contributed by atoms with E-state index >= 15 is 0 Å². The lowest BCUT2D eigenvalue weighted by molar-refractivity contribution is 0.0888. The van der Waals surface area contributed by atoms with Crippen LogP contribution in [0, 0.1) is 11.6 Å². The van der Waals surface area contributed by atoms with Gasteiger partial charge in [-0.2, -0.15) is 20.4 Å². The summed E-state index contributed by atoms with van der Waals surface area (Å²) < 4.78 is 42.0. The number of carbonyl (C=O) groups is 2. The third kappa shape index (κ3) is 10.2. The summed E-state index contributed by atoms with van der Waals surface area (Å²) in [4.78, 5) is 47.9. The van der Waals surface area contributed by atoms with E-state index in [1.807, 2.05) is 42.9 Å². The molecule has 0 aliphatic carbocycles. The van der Waals surface area contributed by atoms with Crippen LogP contribution in [0.15, 0.2) is 98.1 Å².